The van der Waals surface area contributed by atoms with E-state index in [-0.39, 0.29) is 12.1 Å². The maximum Gasteiger partial charge on any atom is 0.322 e. The monoisotopic (exact) mass is 313 g/mol. The Bertz CT molecular complexity index is 605. The van der Waals surface area contributed by atoms with E-state index in [0.29, 0.717) is 30.1 Å². The van der Waals surface area contributed by atoms with Crippen molar-refractivity contribution in [1.82, 2.24) is 4.90 Å². The lowest BCUT2D eigenvalue weighted by atomic mass is 9.83. The molecule has 23 heavy (non-hydrogen) atoms. The summed E-state index contributed by atoms with van der Waals surface area (Å²) in [6.45, 7) is 0.394. The molecule has 1 aromatic carbocycles. The number of aliphatic hydroxyl groups is 1. The Morgan fingerprint density at radius 2 is 2.09 bits per heavy atom. The molecule has 2 N–H and O–H groups in total. The molecule has 3 rings (SSSR count). The zero-order chi connectivity index (χ0) is 16.2. The van der Waals surface area contributed by atoms with Gasteiger partial charge in [-0.1, -0.05) is 25.3 Å². The van der Waals surface area contributed by atoms with Gasteiger partial charge in [0.25, 0.3) is 0 Å². The SMILES string of the molecule is N#Cc1cccc(NC(=O)N2C[C@H](O)C[C@@H]2C2CCCCC2)c1. The number of aliphatic hydroxyl groups excluding tert-OH is 1. The summed E-state index contributed by atoms with van der Waals surface area (Å²) in [5.41, 5.74) is 1.14. The Balaban J connectivity index is 1.70. The molecule has 5 nitrogen and oxygen atoms in total. The average molecular weight is 313 g/mol. The predicted octanol–water partition coefficient (Wildman–Crippen LogP) is 3.11. The lowest BCUT2D eigenvalue weighted by Crippen LogP contribution is -2.43. The van der Waals surface area contributed by atoms with Gasteiger partial charge in [0.1, 0.15) is 0 Å². The van der Waals surface area contributed by atoms with Crippen LogP contribution in [0.15, 0.2) is 24.3 Å². The number of hydrogen-bond donors (Lipinski definition) is 2. The molecule has 1 aromatic rings. The van der Waals surface area contributed by atoms with Gasteiger partial charge in [-0.2, -0.15) is 5.26 Å². The van der Waals surface area contributed by atoms with Crippen molar-refractivity contribution in [2.75, 3.05) is 11.9 Å². The number of carbonyl (C=O) groups is 1. The van der Waals surface area contributed by atoms with E-state index < -0.39 is 6.10 Å². The number of carbonyl (C=O) groups excluding carboxylic acids is 1. The number of nitrogens with zero attached hydrogens (tertiary/aromatic N) is 2. The minimum absolute atomic E-state index is 0.129. The number of hydrogen-bond acceptors (Lipinski definition) is 3. The third-order valence-corrected chi connectivity index (χ3v) is 5.02. The minimum Gasteiger partial charge on any atom is -0.391 e. The fraction of sp³-hybridized carbons (Fsp3) is 0.556. The second-order valence-electron chi connectivity index (χ2n) is 6.63. The van der Waals surface area contributed by atoms with Crippen LogP contribution in [0.4, 0.5) is 10.5 Å². The number of rotatable bonds is 2. The van der Waals surface area contributed by atoms with Gasteiger partial charge in [-0.25, -0.2) is 4.79 Å². The van der Waals surface area contributed by atoms with Crippen LogP contribution in [0.1, 0.15) is 44.1 Å². The van der Waals surface area contributed by atoms with Gasteiger partial charge in [0.05, 0.1) is 17.7 Å². The number of likely N-dealkylation sites (tertiary alicyclic amines) is 1. The topological polar surface area (TPSA) is 76.4 Å². The van der Waals surface area contributed by atoms with Crippen LogP contribution in [0.25, 0.3) is 0 Å². The first-order valence-corrected chi connectivity index (χ1v) is 8.43. The Kier molecular flexibility index (Phi) is 4.82. The van der Waals surface area contributed by atoms with Crippen molar-refractivity contribution in [1.29, 1.82) is 5.26 Å². The van der Waals surface area contributed by atoms with Crippen LogP contribution >= 0.6 is 0 Å². The Labute approximate surface area is 136 Å². The largest absolute Gasteiger partial charge is 0.391 e. The molecule has 1 saturated heterocycles. The fourth-order valence-electron chi connectivity index (χ4n) is 3.90. The van der Waals surface area contributed by atoms with Crippen LogP contribution in [-0.4, -0.2) is 34.7 Å². The van der Waals surface area contributed by atoms with Crippen molar-refractivity contribution in [3.63, 3.8) is 0 Å². The van der Waals surface area contributed by atoms with Gasteiger partial charge in [0.2, 0.25) is 0 Å². The van der Waals surface area contributed by atoms with Gasteiger partial charge in [0, 0.05) is 18.3 Å². The number of nitrogens with one attached hydrogen (secondary N) is 1. The van der Waals surface area contributed by atoms with E-state index >= 15 is 0 Å². The van der Waals surface area contributed by atoms with Crippen molar-refractivity contribution in [2.24, 2.45) is 5.92 Å². The quantitative estimate of drug-likeness (QED) is 0.881. The highest BCUT2D eigenvalue weighted by atomic mass is 16.3. The molecule has 1 heterocycles. The second kappa shape index (κ2) is 7.01. The van der Waals surface area contributed by atoms with Crippen LogP contribution < -0.4 is 5.32 Å². The van der Waals surface area contributed by atoms with E-state index in [1.807, 2.05) is 0 Å². The maximum absolute atomic E-state index is 12.6. The Morgan fingerprint density at radius 3 is 2.83 bits per heavy atom. The zero-order valence-electron chi connectivity index (χ0n) is 13.2. The molecule has 2 fully saturated rings. The smallest absolute Gasteiger partial charge is 0.322 e. The first-order chi connectivity index (χ1) is 11.2. The van der Waals surface area contributed by atoms with Crippen molar-refractivity contribution < 1.29 is 9.90 Å². The molecule has 2 atom stereocenters. The summed E-state index contributed by atoms with van der Waals surface area (Å²) in [5.74, 6) is 0.497. The third kappa shape index (κ3) is 3.65. The molecule has 1 aliphatic heterocycles. The van der Waals surface area contributed by atoms with E-state index in [1.165, 1.54) is 19.3 Å². The summed E-state index contributed by atoms with van der Waals surface area (Å²) in [5, 5.41) is 21.9. The average Bonchev–Trinajstić information content (AvgIpc) is 2.98. The van der Waals surface area contributed by atoms with Gasteiger partial charge >= 0.3 is 6.03 Å². The molecule has 2 amide bonds. The van der Waals surface area contributed by atoms with E-state index in [4.69, 9.17) is 5.26 Å². The van der Waals surface area contributed by atoms with E-state index in [0.717, 1.165) is 12.8 Å². The van der Waals surface area contributed by atoms with Gasteiger partial charge in [-0.15, -0.1) is 0 Å². The molecule has 5 heteroatoms. The highest BCUT2D eigenvalue weighted by Crippen LogP contribution is 2.34. The number of urea groups is 1. The van der Waals surface area contributed by atoms with E-state index in [2.05, 4.69) is 11.4 Å². The van der Waals surface area contributed by atoms with Crippen LogP contribution in [0.5, 0.6) is 0 Å². The first kappa shape index (κ1) is 15.8. The lowest BCUT2D eigenvalue weighted by molar-refractivity contribution is 0.164. The first-order valence-electron chi connectivity index (χ1n) is 8.43. The molecule has 0 radical (unpaired) electrons. The summed E-state index contributed by atoms with van der Waals surface area (Å²) in [6.07, 6.45) is 6.25. The van der Waals surface area contributed by atoms with Gasteiger partial charge < -0.3 is 15.3 Å². The fourth-order valence-corrected chi connectivity index (χ4v) is 3.90. The summed E-state index contributed by atoms with van der Waals surface area (Å²) < 4.78 is 0. The summed E-state index contributed by atoms with van der Waals surface area (Å²) in [7, 11) is 0. The van der Waals surface area contributed by atoms with Gasteiger partial charge in [-0.05, 0) is 43.4 Å². The molecule has 0 aromatic heterocycles. The summed E-state index contributed by atoms with van der Waals surface area (Å²) >= 11 is 0. The number of anilines is 1. The molecule has 1 aliphatic carbocycles. The van der Waals surface area contributed by atoms with E-state index in [1.54, 1.807) is 29.2 Å². The minimum atomic E-state index is -0.432. The number of β-amino-alcohol motifs (C(OH)–C–C–N with tert-alkyl or cyclic N) is 1. The summed E-state index contributed by atoms with van der Waals surface area (Å²) in [4.78, 5) is 14.4. The lowest BCUT2D eigenvalue weighted by Gasteiger charge is -2.33. The highest BCUT2D eigenvalue weighted by Gasteiger charge is 2.39. The molecule has 0 spiro atoms. The normalized spacial score (nSPS) is 25.1. The Morgan fingerprint density at radius 1 is 1.30 bits per heavy atom. The third-order valence-electron chi connectivity index (χ3n) is 5.02. The number of amides is 2. The van der Waals surface area contributed by atoms with E-state index in [9.17, 15) is 9.90 Å². The molecular weight excluding hydrogens is 290 g/mol. The van der Waals surface area contributed by atoms with Crippen molar-refractivity contribution in [3.8, 4) is 6.07 Å². The number of benzene rings is 1. The molecule has 2 aliphatic rings. The van der Waals surface area contributed by atoms with Crippen LogP contribution in [-0.2, 0) is 0 Å². The molecule has 0 unspecified atom stereocenters. The standard InChI is InChI=1S/C18H23N3O2/c19-11-13-5-4-8-15(9-13)20-18(23)21-12-16(22)10-17(21)14-6-2-1-3-7-14/h4-5,8-9,14,16-17,22H,1-3,6-7,10,12H2,(H,20,23)/t16-,17-/m1/s1. The highest BCUT2D eigenvalue weighted by molar-refractivity contribution is 5.90. The number of nitriles is 1. The van der Waals surface area contributed by atoms with Gasteiger partial charge in [-0.3, -0.25) is 0 Å². The van der Waals surface area contributed by atoms with Crippen LogP contribution in [0, 0.1) is 17.2 Å². The van der Waals surface area contributed by atoms with Crippen molar-refractivity contribution in [3.05, 3.63) is 29.8 Å². The van der Waals surface area contributed by atoms with Crippen molar-refractivity contribution in [2.45, 2.75) is 50.7 Å². The van der Waals surface area contributed by atoms with Crippen LogP contribution in [0.2, 0.25) is 0 Å². The molecule has 0 bridgehead atoms. The maximum atomic E-state index is 12.6. The van der Waals surface area contributed by atoms with Crippen LogP contribution in [0.3, 0.4) is 0 Å². The van der Waals surface area contributed by atoms with Gasteiger partial charge in [0.15, 0.2) is 0 Å². The molecule has 122 valence electrons. The Hall–Kier alpha value is -2.06. The second-order valence-corrected chi connectivity index (χ2v) is 6.63. The summed E-state index contributed by atoms with van der Waals surface area (Å²) in [6, 6.07) is 8.94. The predicted molar refractivity (Wildman–Crippen MR) is 87.9 cm³/mol. The van der Waals surface area contributed by atoms with Crippen molar-refractivity contribution >= 4 is 11.7 Å². The zero-order valence-corrected chi connectivity index (χ0v) is 13.2. The molecular formula is C18H23N3O2. The molecule has 1 saturated carbocycles.